The van der Waals surface area contributed by atoms with Crippen molar-refractivity contribution in [3.63, 3.8) is 0 Å². The van der Waals surface area contributed by atoms with Crippen molar-refractivity contribution in [3.05, 3.63) is 0 Å². The number of amides is 1. The smallest absolute Gasteiger partial charge is 0.224 e. The van der Waals surface area contributed by atoms with Crippen LogP contribution in [0.4, 0.5) is 0 Å². The van der Waals surface area contributed by atoms with E-state index in [1.54, 1.807) is 7.11 Å². The minimum Gasteiger partial charge on any atom is -0.382 e. The van der Waals surface area contributed by atoms with Crippen LogP contribution in [0.2, 0.25) is 0 Å². The molecule has 1 heterocycles. The molecule has 38 heavy (non-hydrogen) atoms. The molecule has 0 N–H and O–H groups in total. The van der Waals surface area contributed by atoms with Gasteiger partial charge >= 0.3 is 0 Å². The molecular weight excluding hydrogens is 490 g/mol. The minimum absolute atomic E-state index is 0.0462. The van der Waals surface area contributed by atoms with Crippen LogP contribution in [0.25, 0.3) is 0 Å². The van der Waals surface area contributed by atoms with Gasteiger partial charge in [0.05, 0.1) is 65.9 Å². The molecule has 1 rings (SSSR count). The summed E-state index contributed by atoms with van der Waals surface area (Å²) in [5.74, 6) is 0.395. The van der Waals surface area contributed by atoms with Crippen molar-refractivity contribution < 1.29 is 38.1 Å². The molecule has 0 spiro atoms. The average molecular weight is 544 g/mol. The predicted molar refractivity (Wildman–Crippen MR) is 146 cm³/mol. The topological polar surface area (TPSA) is 101 Å². The van der Waals surface area contributed by atoms with E-state index in [0.717, 1.165) is 0 Å². The molecule has 0 aliphatic carbocycles. The highest BCUT2D eigenvalue weighted by atomic mass is 16.6. The van der Waals surface area contributed by atoms with Crippen LogP contribution in [0.1, 0.15) is 73.6 Å². The third-order valence-corrected chi connectivity index (χ3v) is 6.93. The van der Waals surface area contributed by atoms with Gasteiger partial charge in [-0.3, -0.25) is 14.4 Å². The highest BCUT2D eigenvalue weighted by molar-refractivity contribution is 5.87. The number of rotatable bonds is 19. The Kier molecular flexibility index (Phi) is 15.8. The van der Waals surface area contributed by atoms with Crippen molar-refractivity contribution in [1.82, 2.24) is 4.90 Å². The lowest BCUT2D eigenvalue weighted by Crippen LogP contribution is -2.46. The lowest BCUT2D eigenvalue weighted by atomic mass is 9.66. The molecule has 1 saturated heterocycles. The lowest BCUT2D eigenvalue weighted by Gasteiger charge is -2.43. The molecule has 1 fully saturated rings. The standard InChI is InChI=1S/C29H53NO8/c1-27(2,3)24(31)22-29(23-25(32)28(4,5)6)9-11-30(12-10-29)26(33)8-13-35-16-17-37-20-21-38-19-18-36-15-14-34-7/h8-23H2,1-7H3. The van der Waals surface area contributed by atoms with Crippen molar-refractivity contribution in [3.8, 4) is 0 Å². The second-order valence-electron chi connectivity index (χ2n) is 12.3. The number of carbonyl (C=O) groups is 3. The van der Waals surface area contributed by atoms with Gasteiger partial charge in [0.1, 0.15) is 11.6 Å². The molecule has 0 radical (unpaired) electrons. The Morgan fingerprint density at radius 2 is 1.00 bits per heavy atom. The zero-order chi connectivity index (χ0) is 28.7. The number of ketones is 2. The number of methoxy groups -OCH3 is 1. The summed E-state index contributed by atoms with van der Waals surface area (Å²) in [5, 5.41) is 0. The first kappa shape index (κ1) is 34.6. The fraction of sp³-hybridized carbons (Fsp3) is 0.897. The minimum atomic E-state index is -0.447. The van der Waals surface area contributed by atoms with Crippen LogP contribution >= 0.6 is 0 Å². The average Bonchev–Trinajstić information content (AvgIpc) is 2.83. The molecule has 1 aliphatic heterocycles. The van der Waals surface area contributed by atoms with Crippen LogP contribution in [0.3, 0.4) is 0 Å². The normalized spacial score (nSPS) is 16.0. The van der Waals surface area contributed by atoms with E-state index in [9.17, 15) is 14.4 Å². The summed E-state index contributed by atoms with van der Waals surface area (Å²) in [5.41, 5.74) is -1.27. The number of Topliss-reactive ketones (excluding diaryl/α,β-unsaturated/α-hetero) is 2. The van der Waals surface area contributed by atoms with E-state index < -0.39 is 10.8 Å². The Balaban J connectivity index is 2.30. The van der Waals surface area contributed by atoms with Gasteiger partial charge in [-0.2, -0.15) is 0 Å². The van der Waals surface area contributed by atoms with Crippen molar-refractivity contribution >= 4 is 17.5 Å². The van der Waals surface area contributed by atoms with Crippen LogP contribution in [-0.2, 0) is 38.1 Å². The first-order valence-electron chi connectivity index (χ1n) is 13.9. The van der Waals surface area contributed by atoms with E-state index in [0.29, 0.717) is 105 Å². The van der Waals surface area contributed by atoms with Crippen molar-refractivity contribution in [1.29, 1.82) is 0 Å². The molecule has 1 amide bonds. The van der Waals surface area contributed by atoms with Crippen molar-refractivity contribution in [2.24, 2.45) is 16.2 Å². The highest BCUT2D eigenvalue weighted by Gasteiger charge is 2.42. The Hall–Kier alpha value is -1.39. The summed E-state index contributed by atoms with van der Waals surface area (Å²) in [6.07, 6.45) is 2.41. The fourth-order valence-corrected chi connectivity index (χ4v) is 4.08. The second kappa shape index (κ2) is 17.3. The third kappa shape index (κ3) is 14.1. The summed E-state index contributed by atoms with van der Waals surface area (Å²) < 4.78 is 26.6. The first-order chi connectivity index (χ1) is 17.8. The summed E-state index contributed by atoms with van der Waals surface area (Å²) in [4.78, 5) is 40.4. The van der Waals surface area contributed by atoms with Crippen molar-refractivity contribution in [2.45, 2.75) is 73.6 Å². The molecule has 222 valence electrons. The molecule has 0 atom stereocenters. The van der Waals surface area contributed by atoms with Gasteiger partial charge in [0.15, 0.2) is 0 Å². The first-order valence-corrected chi connectivity index (χ1v) is 13.9. The third-order valence-electron chi connectivity index (χ3n) is 6.93. The van der Waals surface area contributed by atoms with E-state index in [1.807, 2.05) is 46.4 Å². The number of carbonyl (C=O) groups excluding carboxylic acids is 3. The van der Waals surface area contributed by atoms with Crippen LogP contribution in [0, 0.1) is 16.2 Å². The van der Waals surface area contributed by atoms with E-state index in [1.165, 1.54) is 0 Å². The molecule has 0 aromatic carbocycles. The molecule has 1 aliphatic rings. The SMILES string of the molecule is COCCOCCOCCOCCOCCC(=O)N1CCC(CC(=O)C(C)(C)C)(CC(=O)C(C)(C)C)CC1. The van der Waals surface area contributed by atoms with E-state index in [-0.39, 0.29) is 22.9 Å². The van der Waals surface area contributed by atoms with E-state index in [2.05, 4.69) is 0 Å². The molecular formula is C29H53NO8. The van der Waals surface area contributed by atoms with E-state index >= 15 is 0 Å². The van der Waals surface area contributed by atoms with Gasteiger partial charge in [-0.15, -0.1) is 0 Å². The fourth-order valence-electron chi connectivity index (χ4n) is 4.08. The molecule has 0 saturated carbocycles. The summed E-state index contributed by atoms with van der Waals surface area (Å²) in [6, 6.07) is 0. The highest BCUT2D eigenvalue weighted by Crippen LogP contribution is 2.42. The zero-order valence-electron chi connectivity index (χ0n) is 25.0. The van der Waals surface area contributed by atoms with Gasteiger partial charge in [0.25, 0.3) is 0 Å². The Morgan fingerprint density at radius 1 is 0.632 bits per heavy atom. The Bertz CT molecular complexity index is 672. The number of nitrogens with zero attached hydrogens (tertiary/aromatic N) is 1. The second-order valence-corrected chi connectivity index (χ2v) is 12.3. The summed E-state index contributed by atoms with van der Waals surface area (Å²) in [7, 11) is 1.64. The van der Waals surface area contributed by atoms with Gasteiger partial charge < -0.3 is 28.6 Å². The molecule has 0 unspecified atom stereocenters. The number of hydrogen-bond donors (Lipinski definition) is 0. The van der Waals surface area contributed by atoms with Gasteiger partial charge in [0.2, 0.25) is 5.91 Å². The largest absolute Gasteiger partial charge is 0.382 e. The predicted octanol–water partition coefficient (Wildman–Crippen LogP) is 3.71. The van der Waals surface area contributed by atoms with Crippen LogP contribution in [0.15, 0.2) is 0 Å². The molecule has 0 aromatic rings. The molecule has 9 nitrogen and oxygen atoms in total. The number of piperidine rings is 1. The molecule has 0 bridgehead atoms. The van der Waals surface area contributed by atoms with Crippen molar-refractivity contribution in [2.75, 3.05) is 79.7 Å². The van der Waals surface area contributed by atoms with Crippen LogP contribution in [0.5, 0.6) is 0 Å². The number of likely N-dealkylation sites (tertiary alicyclic amines) is 1. The maximum Gasteiger partial charge on any atom is 0.224 e. The monoisotopic (exact) mass is 543 g/mol. The Morgan fingerprint density at radius 3 is 1.37 bits per heavy atom. The maximum atomic E-state index is 12.9. The Labute approximate surface area is 230 Å². The number of hydrogen-bond acceptors (Lipinski definition) is 8. The molecule has 0 aromatic heterocycles. The summed E-state index contributed by atoms with van der Waals surface area (Å²) >= 11 is 0. The summed E-state index contributed by atoms with van der Waals surface area (Å²) in [6.45, 7) is 17.0. The quantitative estimate of drug-likeness (QED) is 0.227. The number of ether oxygens (including phenoxy) is 5. The van der Waals surface area contributed by atoms with Gasteiger partial charge in [-0.25, -0.2) is 0 Å². The lowest BCUT2D eigenvalue weighted by molar-refractivity contribution is -0.138. The maximum absolute atomic E-state index is 12.9. The zero-order valence-corrected chi connectivity index (χ0v) is 25.0. The van der Waals surface area contributed by atoms with Crippen LogP contribution in [-0.4, -0.2) is 102 Å². The van der Waals surface area contributed by atoms with Gasteiger partial charge in [0, 0.05) is 43.9 Å². The molecule has 9 heteroatoms. The van der Waals surface area contributed by atoms with Gasteiger partial charge in [-0.05, 0) is 18.3 Å². The van der Waals surface area contributed by atoms with E-state index in [4.69, 9.17) is 23.7 Å². The van der Waals surface area contributed by atoms with Gasteiger partial charge in [-0.1, -0.05) is 41.5 Å². The van der Waals surface area contributed by atoms with Crippen LogP contribution < -0.4 is 0 Å².